The first-order chi connectivity index (χ1) is 21.5. The van der Waals surface area contributed by atoms with E-state index in [-0.39, 0.29) is 23.8 Å². The molecule has 1 atom stereocenters. The van der Waals surface area contributed by atoms with Crippen molar-refractivity contribution in [3.63, 3.8) is 0 Å². The highest BCUT2D eigenvalue weighted by Gasteiger charge is 2.34. The molecule has 4 rings (SSSR count). The third-order valence-corrected chi connectivity index (χ3v) is 9.46. The highest BCUT2D eigenvalue weighted by atomic mass is 32.2. The Bertz CT molecular complexity index is 1680. The van der Waals surface area contributed by atoms with Crippen LogP contribution >= 0.6 is 0 Å². The number of hydrogen-bond donors (Lipinski definition) is 1. The standard InChI is InChI=1S/C37H43N3O4S/c1-6-20-38-37(42)35(24-31-10-8-7-9-11-31)39(25-32-16-12-27(2)13-17-32)36(41)26-40(33-22-29(4)21-30(5)23-33)45(43,44)34-18-14-28(3)15-19-34/h7-19,21-23,35H,6,20,24-26H2,1-5H3,(H,38,42). The lowest BCUT2D eigenvalue weighted by molar-refractivity contribution is -0.140. The van der Waals surface area contributed by atoms with Crippen LogP contribution in [0.3, 0.4) is 0 Å². The van der Waals surface area contributed by atoms with Crippen molar-refractivity contribution in [1.29, 1.82) is 0 Å². The maximum Gasteiger partial charge on any atom is 0.264 e. The molecular formula is C37H43N3O4S. The maximum absolute atomic E-state index is 14.5. The molecule has 1 N–H and O–H groups in total. The summed E-state index contributed by atoms with van der Waals surface area (Å²) in [6, 6.07) is 28.6. The van der Waals surface area contributed by atoms with Crippen molar-refractivity contribution >= 4 is 27.5 Å². The van der Waals surface area contributed by atoms with Crippen LogP contribution in [0.2, 0.25) is 0 Å². The van der Waals surface area contributed by atoms with Gasteiger partial charge >= 0.3 is 0 Å². The molecule has 2 amide bonds. The summed E-state index contributed by atoms with van der Waals surface area (Å²) in [5.74, 6) is -0.751. The topological polar surface area (TPSA) is 86.8 Å². The first kappa shape index (κ1) is 33.5. The summed E-state index contributed by atoms with van der Waals surface area (Å²) in [5, 5.41) is 2.98. The fourth-order valence-corrected chi connectivity index (χ4v) is 6.67. The molecule has 0 spiro atoms. The molecule has 8 heteroatoms. The Morgan fingerprint density at radius 2 is 1.31 bits per heavy atom. The fourth-order valence-electron chi connectivity index (χ4n) is 5.27. The molecular weight excluding hydrogens is 582 g/mol. The number of benzene rings is 4. The zero-order chi connectivity index (χ0) is 32.6. The first-order valence-electron chi connectivity index (χ1n) is 15.3. The highest BCUT2D eigenvalue weighted by Crippen LogP contribution is 2.27. The van der Waals surface area contributed by atoms with E-state index >= 15 is 0 Å². The largest absolute Gasteiger partial charge is 0.354 e. The van der Waals surface area contributed by atoms with E-state index in [1.807, 2.05) is 95.3 Å². The second-order valence-electron chi connectivity index (χ2n) is 11.7. The van der Waals surface area contributed by atoms with Gasteiger partial charge < -0.3 is 10.2 Å². The number of anilines is 1. The lowest BCUT2D eigenvalue weighted by Gasteiger charge is -2.34. The van der Waals surface area contributed by atoms with Gasteiger partial charge in [0.1, 0.15) is 12.6 Å². The summed E-state index contributed by atoms with van der Waals surface area (Å²) < 4.78 is 29.6. The van der Waals surface area contributed by atoms with Crippen LogP contribution in [0.15, 0.2) is 102 Å². The molecule has 236 valence electrons. The summed E-state index contributed by atoms with van der Waals surface area (Å²) in [5.41, 5.74) is 5.88. The van der Waals surface area contributed by atoms with Gasteiger partial charge in [0.25, 0.3) is 10.0 Å². The predicted molar refractivity (Wildman–Crippen MR) is 181 cm³/mol. The van der Waals surface area contributed by atoms with Crippen molar-refractivity contribution in [2.45, 2.75) is 64.9 Å². The Morgan fingerprint density at radius 3 is 1.89 bits per heavy atom. The van der Waals surface area contributed by atoms with Crippen LogP contribution in [0.25, 0.3) is 0 Å². The minimum Gasteiger partial charge on any atom is -0.354 e. The number of rotatable bonds is 13. The first-order valence-corrected chi connectivity index (χ1v) is 16.8. The molecule has 0 aliphatic heterocycles. The molecule has 0 aliphatic rings. The van der Waals surface area contributed by atoms with Gasteiger partial charge in [-0.05, 0) is 80.6 Å². The molecule has 0 heterocycles. The van der Waals surface area contributed by atoms with Crippen molar-refractivity contribution < 1.29 is 18.0 Å². The number of carbonyl (C=O) groups excluding carboxylic acids is 2. The van der Waals surface area contributed by atoms with Crippen LogP contribution in [-0.4, -0.2) is 44.3 Å². The van der Waals surface area contributed by atoms with Crippen LogP contribution < -0.4 is 9.62 Å². The molecule has 1 unspecified atom stereocenters. The third kappa shape index (κ3) is 8.82. The van der Waals surface area contributed by atoms with E-state index in [1.165, 1.54) is 9.21 Å². The van der Waals surface area contributed by atoms with Crippen LogP contribution in [-0.2, 0) is 32.6 Å². The number of carbonyl (C=O) groups is 2. The average molecular weight is 626 g/mol. The van der Waals surface area contributed by atoms with Gasteiger partial charge in [0.05, 0.1) is 10.6 Å². The third-order valence-electron chi connectivity index (χ3n) is 7.68. The van der Waals surface area contributed by atoms with E-state index in [4.69, 9.17) is 0 Å². The Balaban J connectivity index is 1.81. The van der Waals surface area contributed by atoms with E-state index in [2.05, 4.69) is 5.32 Å². The van der Waals surface area contributed by atoms with Crippen molar-refractivity contribution in [2.24, 2.45) is 0 Å². The van der Waals surface area contributed by atoms with E-state index in [0.717, 1.165) is 39.8 Å². The number of sulfonamides is 1. The molecule has 0 saturated carbocycles. The normalized spacial score (nSPS) is 11.9. The molecule has 0 radical (unpaired) electrons. The van der Waals surface area contributed by atoms with Gasteiger partial charge in [0, 0.05) is 19.5 Å². The summed E-state index contributed by atoms with van der Waals surface area (Å²) in [4.78, 5) is 29.9. The Kier molecular flexibility index (Phi) is 11.2. The number of nitrogens with zero attached hydrogens (tertiary/aromatic N) is 2. The molecule has 0 fully saturated rings. The van der Waals surface area contributed by atoms with Crippen molar-refractivity contribution in [2.75, 3.05) is 17.4 Å². The number of hydrogen-bond acceptors (Lipinski definition) is 4. The minimum atomic E-state index is -4.15. The monoisotopic (exact) mass is 625 g/mol. The van der Waals surface area contributed by atoms with Gasteiger partial charge in [0.15, 0.2) is 0 Å². The lowest BCUT2D eigenvalue weighted by atomic mass is 10.0. The molecule has 0 aliphatic carbocycles. The van der Waals surface area contributed by atoms with Crippen LogP contribution in [0.4, 0.5) is 5.69 Å². The van der Waals surface area contributed by atoms with E-state index < -0.39 is 28.5 Å². The summed E-state index contributed by atoms with van der Waals surface area (Å²) >= 11 is 0. The van der Waals surface area contributed by atoms with Gasteiger partial charge in [-0.15, -0.1) is 0 Å². The number of aryl methyl sites for hydroxylation is 4. The van der Waals surface area contributed by atoms with Gasteiger partial charge in [-0.2, -0.15) is 0 Å². The minimum absolute atomic E-state index is 0.0895. The Hall–Kier alpha value is -4.43. The van der Waals surface area contributed by atoms with Gasteiger partial charge in [-0.1, -0.05) is 90.8 Å². The second-order valence-corrected chi connectivity index (χ2v) is 13.5. The molecule has 0 aromatic heterocycles. The van der Waals surface area contributed by atoms with E-state index in [0.29, 0.717) is 12.2 Å². The molecule has 0 bridgehead atoms. The molecule has 4 aromatic rings. The molecule has 45 heavy (non-hydrogen) atoms. The second kappa shape index (κ2) is 15.0. The van der Waals surface area contributed by atoms with E-state index in [1.54, 1.807) is 36.4 Å². The summed E-state index contributed by atoms with van der Waals surface area (Å²) in [6.45, 7) is 9.77. The average Bonchev–Trinajstić information content (AvgIpc) is 3.01. The van der Waals surface area contributed by atoms with Crippen molar-refractivity contribution in [3.8, 4) is 0 Å². The van der Waals surface area contributed by atoms with E-state index in [9.17, 15) is 18.0 Å². The lowest BCUT2D eigenvalue weighted by Crippen LogP contribution is -2.53. The predicted octanol–water partition coefficient (Wildman–Crippen LogP) is 6.28. The quantitative estimate of drug-likeness (QED) is 0.190. The van der Waals surface area contributed by atoms with Crippen LogP contribution in [0.5, 0.6) is 0 Å². The SMILES string of the molecule is CCCNC(=O)C(Cc1ccccc1)N(Cc1ccc(C)cc1)C(=O)CN(c1cc(C)cc(C)c1)S(=O)(=O)c1ccc(C)cc1. The summed E-state index contributed by atoms with van der Waals surface area (Å²) in [7, 11) is -4.15. The number of amides is 2. The van der Waals surface area contributed by atoms with Crippen LogP contribution in [0.1, 0.15) is 46.7 Å². The van der Waals surface area contributed by atoms with Gasteiger partial charge in [-0.3, -0.25) is 13.9 Å². The van der Waals surface area contributed by atoms with Crippen molar-refractivity contribution in [3.05, 3.63) is 130 Å². The number of nitrogens with one attached hydrogen (secondary N) is 1. The van der Waals surface area contributed by atoms with Crippen molar-refractivity contribution in [1.82, 2.24) is 10.2 Å². The fraction of sp³-hybridized carbons (Fsp3) is 0.297. The summed E-state index contributed by atoms with van der Waals surface area (Å²) in [6.07, 6.45) is 1.02. The highest BCUT2D eigenvalue weighted by molar-refractivity contribution is 7.92. The molecule has 4 aromatic carbocycles. The molecule has 7 nitrogen and oxygen atoms in total. The zero-order valence-electron chi connectivity index (χ0n) is 26.8. The van der Waals surface area contributed by atoms with Gasteiger partial charge in [-0.25, -0.2) is 8.42 Å². The molecule has 0 saturated heterocycles. The Labute approximate surface area is 268 Å². The smallest absolute Gasteiger partial charge is 0.264 e. The Morgan fingerprint density at radius 1 is 0.733 bits per heavy atom. The van der Waals surface area contributed by atoms with Gasteiger partial charge in [0.2, 0.25) is 11.8 Å². The zero-order valence-corrected chi connectivity index (χ0v) is 27.6. The van der Waals surface area contributed by atoms with Crippen LogP contribution in [0, 0.1) is 27.7 Å². The maximum atomic E-state index is 14.5.